The van der Waals surface area contributed by atoms with Crippen LogP contribution in [0.25, 0.3) is 0 Å². The van der Waals surface area contributed by atoms with Gasteiger partial charge in [0.2, 0.25) is 5.91 Å². The summed E-state index contributed by atoms with van der Waals surface area (Å²) in [6.07, 6.45) is 4.36. The molecular formula is C26H31Cl2N3O4. The third-order valence-electron chi connectivity index (χ3n) is 6.52. The molecule has 3 rings (SSSR count). The molecule has 188 valence electrons. The highest BCUT2D eigenvalue weighted by atomic mass is 35.5. The molecule has 0 unspecified atom stereocenters. The van der Waals surface area contributed by atoms with Crippen molar-refractivity contribution in [2.75, 3.05) is 26.0 Å². The number of carbonyl (C=O) groups excluding carboxylic acids is 2. The maximum absolute atomic E-state index is 13.2. The second-order valence-electron chi connectivity index (χ2n) is 9.36. The number of benzene rings is 2. The number of nitrogens with zero attached hydrogens (tertiary/aromatic N) is 1. The molecule has 0 heterocycles. The van der Waals surface area contributed by atoms with Crippen molar-refractivity contribution in [3.8, 4) is 0 Å². The van der Waals surface area contributed by atoms with Gasteiger partial charge in [-0.1, -0.05) is 54.2 Å². The fraction of sp³-hybridized carbons (Fsp3) is 0.423. The van der Waals surface area contributed by atoms with E-state index in [1.54, 1.807) is 42.5 Å². The van der Waals surface area contributed by atoms with Gasteiger partial charge in [-0.05, 0) is 69.7 Å². The van der Waals surface area contributed by atoms with Crippen LogP contribution in [0.2, 0.25) is 10.0 Å². The van der Waals surface area contributed by atoms with Gasteiger partial charge in [-0.2, -0.15) is 0 Å². The summed E-state index contributed by atoms with van der Waals surface area (Å²) >= 11 is 12.2. The van der Waals surface area contributed by atoms with Gasteiger partial charge in [0.15, 0.2) is 0 Å². The highest BCUT2D eigenvalue weighted by Crippen LogP contribution is 2.41. The van der Waals surface area contributed by atoms with E-state index in [-0.39, 0.29) is 27.9 Å². The zero-order chi connectivity index (χ0) is 25.6. The minimum absolute atomic E-state index is 0.134. The third-order valence-corrected chi connectivity index (χ3v) is 7.15. The number of hydrogen-bond acceptors (Lipinski definition) is 4. The van der Waals surface area contributed by atoms with E-state index in [0.29, 0.717) is 12.1 Å². The predicted molar refractivity (Wildman–Crippen MR) is 138 cm³/mol. The minimum Gasteiger partial charge on any atom is -0.480 e. The lowest BCUT2D eigenvalue weighted by Crippen LogP contribution is -2.49. The summed E-state index contributed by atoms with van der Waals surface area (Å²) < 4.78 is 0. The van der Waals surface area contributed by atoms with E-state index in [9.17, 15) is 19.5 Å². The van der Waals surface area contributed by atoms with Crippen LogP contribution in [-0.2, 0) is 16.0 Å². The van der Waals surface area contributed by atoms with Crippen LogP contribution in [0.3, 0.4) is 0 Å². The van der Waals surface area contributed by atoms with Crippen molar-refractivity contribution in [1.82, 2.24) is 10.2 Å². The summed E-state index contributed by atoms with van der Waals surface area (Å²) in [5, 5.41) is 15.8. The zero-order valence-corrected chi connectivity index (χ0v) is 21.5. The summed E-state index contributed by atoms with van der Waals surface area (Å²) in [6.45, 7) is 0.776. The van der Waals surface area contributed by atoms with Gasteiger partial charge in [0.1, 0.15) is 6.04 Å². The molecular weight excluding hydrogens is 489 g/mol. The number of carboxylic acids is 1. The molecule has 2 amide bonds. The number of amides is 2. The first-order valence-electron chi connectivity index (χ1n) is 11.6. The van der Waals surface area contributed by atoms with Crippen molar-refractivity contribution in [2.45, 2.75) is 44.6 Å². The van der Waals surface area contributed by atoms with Crippen molar-refractivity contribution in [2.24, 2.45) is 5.41 Å². The molecule has 0 radical (unpaired) electrons. The van der Waals surface area contributed by atoms with E-state index in [2.05, 4.69) is 10.6 Å². The van der Waals surface area contributed by atoms with Crippen LogP contribution in [0.5, 0.6) is 0 Å². The van der Waals surface area contributed by atoms with E-state index in [0.717, 1.165) is 37.8 Å². The average molecular weight is 520 g/mol. The first-order valence-corrected chi connectivity index (χ1v) is 12.4. The van der Waals surface area contributed by atoms with Crippen LogP contribution in [0, 0.1) is 5.41 Å². The van der Waals surface area contributed by atoms with Crippen molar-refractivity contribution < 1.29 is 19.5 Å². The molecule has 3 N–H and O–H groups in total. The molecule has 2 aromatic rings. The standard InChI is InChI=1S/C26H31Cl2N3O4/c1-31(2)15-14-26(12-3-4-13-26)25(35)30-21(24(33)34)16-17-8-10-18(11-9-17)29-23(32)22-19(27)6-5-7-20(22)28/h5-11,21H,3-4,12-16H2,1-2H3,(H,29,32)(H,30,35)(H,33,34)/t21-/m0/s1. The van der Waals surface area contributed by atoms with Crippen LogP contribution < -0.4 is 10.6 Å². The van der Waals surface area contributed by atoms with Crippen LogP contribution >= 0.6 is 23.2 Å². The third kappa shape index (κ3) is 6.97. The highest BCUT2D eigenvalue weighted by Gasteiger charge is 2.42. The van der Waals surface area contributed by atoms with Gasteiger partial charge in [0.25, 0.3) is 5.91 Å². The average Bonchev–Trinajstić information content (AvgIpc) is 3.28. The molecule has 9 heteroatoms. The van der Waals surface area contributed by atoms with Gasteiger partial charge >= 0.3 is 5.97 Å². The molecule has 1 fully saturated rings. The lowest BCUT2D eigenvalue weighted by molar-refractivity contribution is -0.144. The largest absolute Gasteiger partial charge is 0.480 e. The molecule has 7 nitrogen and oxygen atoms in total. The minimum atomic E-state index is -1.08. The summed E-state index contributed by atoms with van der Waals surface area (Å²) in [5.74, 6) is -1.70. The van der Waals surface area contributed by atoms with Gasteiger partial charge in [-0.25, -0.2) is 4.79 Å². The lowest BCUT2D eigenvalue weighted by Gasteiger charge is -2.30. The molecule has 0 bridgehead atoms. The number of carboxylic acid groups (broad SMARTS) is 1. The maximum atomic E-state index is 13.2. The van der Waals surface area contributed by atoms with Crippen molar-refractivity contribution in [3.63, 3.8) is 0 Å². The highest BCUT2D eigenvalue weighted by molar-refractivity contribution is 6.40. The first kappa shape index (κ1) is 27.0. The van der Waals surface area contributed by atoms with Gasteiger partial charge < -0.3 is 20.6 Å². The Morgan fingerprint density at radius 1 is 1.03 bits per heavy atom. The second kappa shape index (κ2) is 11.9. The number of halogens is 2. The fourth-order valence-electron chi connectivity index (χ4n) is 4.46. The second-order valence-corrected chi connectivity index (χ2v) is 10.2. The van der Waals surface area contributed by atoms with E-state index in [1.807, 2.05) is 19.0 Å². The van der Waals surface area contributed by atoms with Gasteiger partial charge in [0, 0.05) is 12.1 Å². The van der Waals surface area contributed by atoms with E-state index >= 15 is 0 Å². The van der Waals surface area contributed by atoms with Crippen LogP contribution in [-0.4, -0.2) is 54.5 Å². The Morgan fingerprint density at radius 3 is 2.17 bits per heavy atom. The Morgan fingerprint density at radius 2 is 1.63 bits per heavy atom. The molecule has 1 saturated carbocycles. The normalized spacial score (nSPS) is 15.6. The molecule has 0 aliphatic heterocycles. The predicted octanol–water partition coefficient (Wildman–Crippen LogP) is 4.87. The molecule has 1 aliphatic rings. The molecule has 2 aromatic carbocycles. The Labute approximate surface area is 215 Å². The smallest absolute Gasteiger partial charge is 0.326 e. The van der Waals surface area contributed by atoms with E-state index in [4.69, 9.17) is 23.2 Å². The number of nitrogens with one attached hydrogen (secondary N) is 2. The quantitative estimate of drug-likeness (QED) is 0.415. The van der Waals surface area contributed by atoms with Crippen molar-refractivity contribution in [1.29, 1.82) is 0 Å². The van der Waals surface area contributed by atoms with Gasteiger partial charge in [0.05, 0.1) is 21.0 Å². The molecule has 1 atom stereocenters. The Kier molecular flexibility index (Phi) is 9.16. The molecule has 0 spiro atoms. The molecule has 35 heavy (non-hydrogen) atoms. The fourth-order valence-corrected chi connectivity index (χ4v) is 5.03. The van der Waals surface area contributed by atoms with Gasteiger partial charge in [-0.3, -0.25) is 9.59 Å². The number of anilines is 1. The van der Waals surface area contributed by atoms with E-state index in [1.165, 1.54) is 0 Å². The topological polar surface area (TPSA) is 98.7 Å². The summed E-state index contributed by atoms with van der Waals surface area (Å²) in [5.41, 5.74) is 0.912. The molecule has 0 aromatic heterocycles. The van der Waals surface area contributed by atoms with Gasteiger partial charge in [-0.15, -0.1) is 0 Å². The maximum Gasteiger partial charge on any atom is 0.326 e. The Hall–Kier alpha value is -2.61. The SMILES string of the molecule is CN(C)CCC1(C(=O)N[C@@H](Cc2ccc(NC(=O)c3c(Cl)cccc3Cl)cc2)C(=O)O)CCCC1. The van der Waals surface area contributed by atoms with Crippen molar-refractivity contribution >= 4 is 46.7 Å². The Bertz CT molecular complexity index is 1050. The van der Waals surface area contributed by atoms with E-state index < -0.39 is 23.3 Å². The summed E-state index contributed by atoms with van der Waals surface area (Å²) in [6, 6.07) is 10.6. The number of rotatable bonds is 10. The monoisotopic (exact) mass is 519 g/mol. The Balaban J connectivity index is 1.65. The molecule has 0 saturated heterocycles. The zero-order valence-electron chi connectivity index (χ0n) is 19.9. The number of hydrogen-bond donors (Lipinski definition) is 3. The van der Waals surface area contributed by atoms with Crippen molar-refractivity contribution in [3.05, 3.63) is 63.6 Å². The molecule has 1 aliphatic carbocycles. The van der Waals surface area contributed by atoms with Crippen LogP contribution in [0.4, 0.5) is 5.69 Å². The van der Waals surface area contributed by atoms with Crippen LogP contribution in [0.15, 0.2) is 42.5 Å². The summed E-state index contributed by atoms with van der Waals surface area (Å²) in [7, 11) is 3.94. The summed E-state index contributed by atoms with van der Waals surface area (Å²) in [4.78, 5) is 39.8. The lowest BCUT2D eigenvalue weighted by atomic mass is 9.81. The van der Waals surface area contributed by atoms with Crippen LogP contribution in [0.1, 0.15) is 48.0 Å². The first-order chi connectivity index (χ1) is 16.6. The number of carbonyl (C=O) groups is 3. The number of aliphatic carboxylic acids is 1.